The van der Waals surface area contributed by atoms with Gasteiger partial charge in [-0.05, 0) is 36.8 Å². The smallest absolute Gasteiger partial charge is 0.335 e. The summed E-state index contributed by atoms with van der Waals surface area (Å²) < 4.78 is 0. The molecule has 0 saturated carbocycles. The molecule has 0 atom stereocenters. The maximum absolute atomic E-state index is 10.7. The van der Waals surface area contributed by atoms with Gasteiger partial charge in [0.15, 0.2) is 0 Å². The van der Waals surface area contributed by atoms with Gasteiger partial charge in [-0.2, -0.15) is 5.10 Å². The molecule has 2 rings (SSSR count). The van der Waals surface area contributed by atoms with Crippen molar-refractivity contribution in [2.75, 3.05) is 5.43 Å². The summed E-state index contributed by atoms with van der Waals surface area (Å²) in [6.07, 6.45) is 0. The minimum Gasteiger partial charge on any atom is -0.478 e. The van der Waals surface area contributed by atoms with Crippen LogP contribution in [0.4, 0.5) is 5.69 Å². The second-order valence-corrected chi connectivity index (χ2v) is 4.06. The molecule has 2 aromatic carbocycles. The van der Waals surface area contributed by atoms with Crippen LogP contribution >= 0.6 is 0 Å². The van der Waals surface area contributed by atoms with Crippen LogP contribution in [0.2, 0.25) is 0 Å². The van der Waals surface area contributed by atoms with Crippen molar-refractivity contribution in [2.45, 2.75) is 6.92 Å². The van der Waals surface area contributed by atoms with Crippen LogP contribution in [0.5, 0.6) is 0 Å². The molecule has 0 unspecified atom stereocenters. The summed E-state index contributed by atoms with van der Waals surface area (Å²) >= 11 is 0. The lowest BCUT2D eigenvalue weighted by atomic mass is 10.1. The average Bonchev–Trinajstić information content (AvgIpc) is 2.46. The zero-order chi connectivity index (χ0) is 13.7. The zero-order valence-corrected chi connectivity index (χ0v) is 10.5. The number of carboxylic acids is 1. The van der Waals surface area contributed by atoms with Crippen molar-refractivity contribution in [3.05, 3.63) is 65.7 Å². The number of carboxylic acid groups (broad SMARTS) is 1. The van der Waals surface area contributed by atoms with Crippen LogP contribution in [0.15, 0.2) is 59.7 Å². The lowest BCUT2D eigenvalue weighted by Crippen LogP contribution is -2.00. The predicted molar refractivity (Wildman–Crippen MR) is 75.7 cm³/mol. The van der Waals surface area contributed by atoms with Crippen molar-refractivity contribution in [3.63, 3.8) is 0 Å². The van der Waals surface area contributed by atoms with Gasteiger partial charge in [0, 0.05) is 0 Å². The monoisotopic (exact) mass is 254 g/mol. The molecule has 0 aliphatic heterocycles. The van der Waals surface area contributed by atoms with Crippen LogP contribution in [0, 0.1) is 0 Å². The maximum Gasteiger partial charge on any atom is 0.335 e. The Morgan fingerprint density at radius 1 is 1.00 bits per heavy atom. The number of rotatable bonds is 4. The van der Waals surface area contributed by atoms with Gasteiger partial charge in [0.05, 0.1) is 17.0 Å². The molecule has 0 aliphatic rings. The predicted octanol–water partition coefficient (Wildman–Crippen LogP) is 3.22. The van der Waals surface area contributed by atoms with E-state index in [1.807, 2.05) is 37.3 Å². The van der Waals surface area contributed by atoms with Gasteiger partial charge < -0.3 is 5.11 Å². The van der Waals surface area contributed by atoms with Crippen LogP contribution in [0.3, 0.4) is 0 Å². The maximum atomic E-state index is 10.7. The Hall–Kier alpha value is -2.62. The van der Waals surface area contributed by atoms with Crippen LogP contribution < -0.4 is 5.43 Å². The minimum atomic E-state index is -0.935. The Balaban J connectivity index is 2.08. The number of nitrogens with zero attached hydrogens (tertiary/aromatic N) is 1. The van der Waals surface area contributed by atoms with E-state index >= 15 is 0 Å². The van der Waals surface area contributed by atoms with Crippen molar-refractivity contribution in [2.24, 2.45) is 5.10 Å². The fourth-order valence-corrected chi connectivity index (χ4v) is 1.58. The highest BCUT2D eigenvalue weighted by atomic mass is 16.4. The van der Waals surface area contributed by atoms with E-state index in [0.29, 0.717) is 0 Å². The van der Waals surface area contributed by atoms with Gasteiger partial charge in [0.25, 0.3) is 0 Å². The number of hydrogen-bond acceptors (Lipinski definition) is 3. The minimum absolute atomic E-state index is 0.259. The molecule has 0 amide bonds. The van der Waals surface area contributed by atoms with Gasteiger partial charge in [0.2, 0.25) is 0 Å². The summed E-state index contributed by atoms with van der Waals surface area (Å²) in [5.41, 5.74) is 5.82. The molecule has 4 nitrogen and oxygen atoms in total. The molecule has 0 aromatic heterocycles. The lowest BCUT2D eigenvalue weighted by Gasteiger charge is -2.04. The van der Waals surface area contributed by atoms with Crippen molar-refractivity contribution in [1.82, 2.24) is 0 Å². The van der Waals surface area contributed by atoms with E-state index in [9.17, 15) is 4.79 Å². The molecule has 0 heterocycles. The van der Waals surface area contributed by atoms with Crippen LogP contribution in [-0.2, 0) is 0 Å². The molecule has 2 N–H and O–H groups in total. The second-order valence-electron chi connectivity index (χ2n) is 4.06. The van der Waals surface area contributed by atoms with Gasteiger partial charge in [-0.25, -0.2) is 4.79 Å². The fraction of sp³-hybridized carbons (Fsp3) is 0.0667. The molecule has 19 heavy (non-hydrogen) atoms. The Kier molecular flexibility index (Phi) is 3.93. The van der Waals surface area contributed by atoms with Crippen molar-refractivity contribution in [3.8, 4) is 0 Å². The highest BCUT2D eigenvalue weighted by Crippen LogP contribution is 2.10. The number of hydrazone groups is 1. The fourth-order valence-electron chi connectivity index (χ4n) is 1.58. The molecule has 96 valence electrons. The first kappa shape index (κ1) is 12.8. The van der Waals surface area contributed by atoms with Gasteiger partial charge in [-0.1, -0.05) is 30.3 Å². The largest absolute Gasteiger partial charge is 0.478 e. The molecule has 0 spiro atoms. The first-order valence-corrected chi connectivity index (χ1v) is 5.86. The van der Waals surface area contributed by atoms with Crippen molar-refractivity contribution < 1.29 is 9.90 Å². The topological polar surface area (TPSA) is 61.7 Å². The van der Waals surface area contributed by atoms with E-state index in [1.165, 1.54) is 12.1 Å². The van der Waals surface area contributed by atoms with Crippen LogP contribution in [0.1, 0.15) is 22.8 Å². The number of carbonyl (C=O) groups is 1. The van der Waals surface area contributed by atoms with Crippen molar-refractivity contribution >= 4 is 17.4 Å². The van der Waals surface area contributed by atoms with Gasteiger partial charge >= 0.3 is 5.97 Å². The number of hydrogen-bond donors (Lipinski definition) is 2. The zero-order valence-electron chi connectivity index (χ0n) is 10.5. The average molecular weight is 254 g/mol. The lowest BCUT2D eigenvalue weighted by molar-refractivity contribution is 0.0697. The molecule has 0 aliphatic carbocycles. The van der Waals surface area contributed by atoms with Crippen LogP contribution in [0.25, 0.3) is 0 Å². The van der Waals surface area contributed by atoms with E-state index in [-0.39, 0.29) is 5.56 Å². The molecule has 2 aromatic rings. The highest BCUT2D eigenvalue weighted by Gasteiger charge is 2.01. The van der Waals surface area contributed by atoms with E-state index in [0.717, 1.165) is 17.0 Å². The second kappa shape index (κ2) is 5.82. The van der Waals surface area contributed by atoms with Gasteiger partial charge in [-0.3, -0.25) is 5.43 Å². The summed E-state index contributed by atoms with van der Waals surface area (Å²) in [5, 5.41) is 13.1. The SMILES string of the molecule is C/C(=N/Nc1ccc(C(=O)O)cc1)c1ccccc1. The third kappa shape index (κ3) is 3.42. The van der Waals surface area contributed by atoms with E-state index in [4.69, 9.17) is 5.11 Å². The number of nitrogens with one attached hydrogen (secondary N) is 1. The summed E-state index contributed by atoms with van der Waals surface area (Å²) in [4.78, 5) is 10.7. The Morgan fingerprint density at radius 3 is 2.21 bits per heavy atom. The molecule has 0 bridgehead atoms. The molecule has 0 fully saturated rings. The van der Waals surface area contributed by atoms with Gasteiger partial charge in [-0.15, -0.1) is 0 Å². The first-order valence-electron chi connectivity index (χ1n) is 5.86. The summed E-state index contributed by atoms with van der Waals surface area (Å²) in [7, 11) is 0. The van der Waals surface area contributed by atoms with Gasteiger partial charge in [0.1, 0.15) is 0 Å². The Morgan fingerprint density at radius 2 is 1.63 bits per heavy atom. The summed E-state index contributed by atoms with van der Waals surface area (Å²) in [6, 6.07) is 16.3. The molecule has 0 radical (unpaired) electrons. The third-order valence-corrected chi connectivity index (χ3v) is 2.68. The quantitative estimate of drug-likeness (QED) is 0.650. The summed E-state index contributed by atoms with van der Waals surface area (Å²) in [5.74, 6) is -0.935. The summed E-state index contributed by atoms with van der Waals surface area (Å²) in [6.45, 7) is 1.91. The first-order chi connectivity index (χ1) is 9.16. The van der Waals surface area contributed by atoms with Crippen LogP contribution in [-0.4, -0.2) is 16.8 Å². The standard InChI is InChI=1S/C15H14N2O2/c1-11(12-5-3-2-4-6-12)16-17-14-9-7-13(8-10-14)15(18)19/h2-10,17H,1H3,(H,18,19)/b16-11-. The molecular formula is C15H14N2O2. The number of anilines is 1. The Bertz CT molecular complexity index is 589. The van der Waals surface area contributed by atoms with Crippen molar-refractivity contribution in [1.29, 1.82) is 0 Å². The molecular weight excluding hydrogens is 240 g/mol. The number of benzene rings is 2. The van der Waals surface area contributed by atoms with E-state index in [2.05, 4.69) is 10.5 Å². The highest BCUT2D eigenvalue weighted by molar-refractivity contribution is 5.99. The normalized spacial score (nSPS) is 11.1. The number of aromatic carboxylic acids is 1. The molecule has 0 saturated heterocycles. The molecule has 4 heteroatoms. The Labute approximate surface area is 111 Å². The van der Waals surface area contributed by atoms with E-state index in [1.54, 1.807) is 12.1 Å². The van der Waals surface area contributed by atoms with E-state index < -0.39 is 5.97 Å². The third-order valence-electron chi connectivity index (χ3n) is 2.68.